The molecule has 0 amide bonds. The van der Waals surface area contributed by atoms with E-state index in [1.54, 1.807) is 12.1 Å². The van der Waals surface area contributed by atoms with Crippen molar-refractivity contribution in [3.63, 3.8) is 0 Å². The lowest BCUT2D eigenvalue weighted by Crippen LogP contribution is -2.06. The van der Waals surface area contributed by atoms with Gasteiger partial charge in [-0.3, -0.25) is 5.14 Å². The Balaban J connectivity index is 0.000000630. The SMILES string of the molecule is CC.CC(C)Oc1ccc(-c2nc(-c3cccc4c3CCC4)no2)cc1C#N.CSN. The van der Waals surface area contributed by atoms with Gasteiger partial charge in [0.2, 0.25) is 5.82 Å². The Labute approximate surface area is 188 Å². The number of benzene rings is 2. The molecular weight excluding hydrogens is 408 g/mol. The van der Waals surface area contributed by atoms with Crippen LogP contribution in [0.2, 0.25) is 0 Å². The number of rotatable bonds is 4. The molecule has 2 aromatic carbocycles. The van der Waals surface area contributed by atoms with Gasteiger partial charge in [0.05, 0.1) is 11.7 Å². The van der Waals surface area contributed by atoms with Crippen molar-refractivity contribution in [1.82, 2.24) is 10.1 Å². The van der Waals surface area contributed by atoms with Crippen molar-refractivity contribution >= 4 is 11.9 Å². The quantitative estimate of drug-likeness (QED) is 0.514. The lowest BCUT2D eigenvalue weighted by atomic mass is 10.0. The average molecular weight is 439 g/mol. The van der Waals surface area contributed by atoms with E-state index >= 15 is 0 Å². The van der Waals surface area contributed by atoms with Crippen molar-refractivity contribution in [1.29, 1.82) is 5.26 Å². The molecule has 0 saturated carbocycles. The Morgan fingerprint density at radius 1 is 1.19 bits per heavy atom. The summed E-state index contributed by atoms with van der Waals surface area (Å²) in [6.45, 7) is 7.86. The molecule has 7 heteroatoms. The normalized spacial score (nSPS) is 11.5. The highest BCUT2D eigenvalue weighted by Gasteiger charge is 2.19. The molecule has 0 fully saturated rings. The highest BCUT2D eigenvalue weighted by atomic mass is 32.2. The largest absolute Gasteiger partial charge is 0.490 e. The maximum atomic E-state index is 9.40. The average Bonchev–Trinajstić information content (AvgIpc) is 3.45. The van der Waals surface area contributed by atoms with E-state index in [-0.39, 0.29) is 6.10 Å². The zero-order valence-electron chi connectivity index (χ0n) is 18.8. The first-order valence-corrected chi connectivity index (χ1v) is 11.7. The van der Waals surface area contributed by atoms with Gasteiger partial charge in [0, 0.05) is 11.1 Å². The molecule has 6 nitrogen and oxygen atoms in total. The van der Waals surface area contributed by atoms with Gasteiger partial charge in [0.25, 0.3) is 5.89 Å². The standard InChI is InChI=1S/C21H19N3O2.C2H6.CH5NS/c1-13(2)25-19-10-9-15(11-16(19)12-22)21-23-20(24-26-21)18-8-4-6-14-5-3-7-17(14)18;1-2;1-3-2/h4,6,8-11,13H,3,5,7H2,1-2H3;1-2H3;2H2,1H3. The minimum atomic E-state index is 0.00290. The van der Waals surface area contributed by atoms with Gasteiger partial charge in [-0.05, 0) is 68.7 Å². The van der Waals surface area contributed by atoms with Crippen LogP contribution in [0.25, 0.3) is 22.8 Å². The van der Waals surface area contributed by atoms with E-state index in [0.29, 0.717) is 28.6 Å². The Hall–Kier alpha value is -2.82. The number of nitriles is 1. The van der Waals surface area contributed by atoms with Gasteiger partial charge in [0.1, 0.15) is 11.8 Å². The molecule has 0 saturated heterocycles. The Morgan fingerprint density at radius 3 is 2.61 bits per heavy atom. The second-order valence-electron chi connectivity index (χ2n) is 6.94. The van der Waals surface area contributed by atoms with Crippen LogP contribution >= 0.6 is 11.9 Å². The molecule has 0 radical (unpaired) electrons. The monoisotopic (exact) mass is 438 g/mol. The summed E-state index contributed by atoms with van der Waals surface area (Å²) in [5.74, 6) is 1.56. The number of hydrogen-bond acceptors (Lipinski definition) is 7. The second-order valence-corrected chi connectivity index (χ2v) is 7.42. The van der Waals surface area contributed by atoms with E-state index in [1.807, 2.05) is 52.1 Å². The molecule has 0 bridgehead atoms. The summed E-state index contributed by atoms with van der Waals surface area (Å²) >= 11 is 1.25. The fourth-order valence-electron chi connectivity index (χ4n) is 3.39. The summed E-state index contributed by atoms with van der Waals surface area (Å²) < 4.78 is 11.1. The van der Waals surface area contributed by atoms with E-state index in [0.717, 1.165) is 18.4 Å². The van der Waals surface area contributed by atoms with Crippen LogP contribution in [0.1, 0.15) is 50.8 Å². The lowest BCUT2D eigenvalue weighted by Gasteiger charge is -2.11. The van der Waals surface area contributed by atoms with Crippen molar-refractivity contribution in [2.45, 2.75) is 53.1 Å². The van der Waals surface area contributed by atoms with Crippen LogP contribution in [0, 0.1) is 11.3 Å². The number of hydrogen-bond donors (Lipinski definition) is 1. The van der Waals surface area contributed by atoms with Crippen LogP contribution in [0.15, 0.2) is 40.9 Å². The first kappa shape index (κ1) is 24.4. The van der Waals surface area contributed by atoms with Crippen LogP contribution in [0.3, 0.4) is 0 Å². The molecule has 0 atom stereocenters. The second kappa shape index (κ2) is 12.1. The van der Waals surface area contributed by atoms with E-state index in [9.17, 15) is 5.26 Å². The molecule has 0 aliphatic heterocycles. The highest BCUT2D eigenvalue weighted by molar-refractivity contribution is 7.96. The van der Waals surface area contributed by atoms with Crippen LogP contribution < -0.4 is 9.88 Å². The smallest absolute Gasteiger partial charge is 0.258 e. The van der Waals surface area contributed by atoms with E-state index in [1.165, 1.54) is 29.5 Å². The highest BCUT2D eigenvalue weighted by Crippen LogP contribution is 2.32. The maximum Gasteiger partial charge on any atom is 0.258 e. The molecule has 3 aromatic rings. The van der Waals surface area contributed by atoms with Gasteiger partial charge in [-0.2, -0.15) is 10.2 Å². The van der Waals surface area contributed by atoms with E-state index < -0.39 is 0 Å². The van der Waals surface area contributed by atoms with Crippen LogP contribution in [-0.2, 0) is 12.8 Å². The van der Waals surface area contributed by atoms with E-state index in [2.05, 4.69) is 22.3 Å². The predicted octanol–water partition coefficient (Wildman–Crippen LogP) is 5.80. The van der Waals surface area contributed by atoms with Crippen molar-refractivity contribution in [3.05, 3.63) is 53.1 Å². The van der Waals surface area contributed by atoms with Crippen LogP contribution in [0.5, 0.6) is 5.75 Å². The number of ether oxygens (including phenoxy) is 1. The molecule has 31 heavy (non-hydrogen) atoms. The minimum Gasteiger partial charge on any atom is -0.490 e. The number of nitrogens with two attached hydrogens (primary N) is 1. The van der Waals surface area contributed by atoms with Crippen molar-refractivity contribution in [3.8, 4) is 34.7 Å². The zero-order valence-corrected chi connectivity index (χ0v) is 19.6. The fraction of sp³-hybridized carbons (Fsp3) is 0.375. The third-order valence-electron chi connectivity index (χ3n) is 4.52. The lowest BCUT2D eigenvalue weighted by molar-refractivity contribution is 0.241. The van der Waals surface area contributed by atoms with Gasteiger partial charge in [-0.1, -0.05) is 49.2 Å². The molecular formula is C24H30N4O2S. The van der Waals surface area contributed by atoms with E-state index in [4.69, 9.17) is 14.4 Å². The van der Waals surface area contributed by atoms with Crippen molar-refractivity contribution in [2.24, 2.45) is 5.14 Å². The summed E-state index contributed by atoms with van der Waals surface area (Å²) in [5, 5.41) is 18.3. The van der Waals surface area contributed by atoms with Gasteiger partial charge >= 0.3 is 0 Å². The van der Waals surface area contributed by atoms with Gasteiger partial charge in [0.15, 0.2) is 0 Å². The molecule has 2 N–H and O–H groups in total. The summed E-state index contributed by atoms with van der Waals surface area (Å²) in [6, 6.07) is 13.8. The van der Waals surface area contributed by atoms with Crippen molar-refractivity contribution in [2.75, 3.05) is 6.26 Å². The third-order valence-corrected chi connectivity index (χ3v) is 4.52. The minimum absolute atomic E-state index is 0.00290. The molecule has 164 valence electrons. The summed E-state index contributed by atoms with van der Waals surface area (Å²) in [7, 11) is 0. The Kier molecular flexibility index (Phi) is 9.57. The third kappa shape index (κ3) is 6.09. The summed E-state index contributed by atoms with van der Waals surface area (Å²) in [5.41, 5.74) is 4.89. The van der Waals surface area contributed by atoms with Crippen molar-refractivity contribution < 1.29 is 9.26 Å². The molecule has 1 aromatic heterocycles. The van der Waals surface area contributed by atoms with Gasteiger partial charge < -0.3 is 9.26 Å². The molecule has 1 heterocycles. The Bertz CT molecular complexity index is 1020. The first-order valence-electron chi connectivity index (χ1n) is 10.5. The molecule has 4 rings (SSSR count). The Morgan fingerprint density at radius 2 is 1.94 bits per heavy atom. The molecule has 1 aliphatic carbocycles. The topological polar surface area (TPSA) is 98.0 Å². The fourth-order valence-corrected chi connectivity index (χ4v) is 3.39. The number of aromatic nitrogens is 2. The number of nitrogens with zero attached hydrogens (tertiary/aromatic N) is 3. The first-order chi connectivity index (χ1) is 15.1. The number of fused-ring (bicyclic) bond motifs is 1. The number of aryl methyl sites for hydroxylation is 1. The summed E-state index contributed by atoms with van der Waals surface area (Å²) in [4.78, 5) is 4.57. The predicted molar refractivity (Wildman–Crippen MR) is 127 cm³/mol. The van der Waals surface area contributed by atoms with Gasteiger partial charge in [-0.15, -0.1) is 0 Å². The van der Waals surface area contributed by atoms with Crippen LogP contribution in [0.4, 0.5) is 0 Å². The maximum absolute atomic E-state index is 9.40. The van der Waals surface area contributed by atoms with Gasteiger partial charge in [-0.25, -0.2) is 0 Å². The molecule has 0 unspecified atom stereocenters. The molecule has 0 spiro atoms. The molecule has 1 aliphatic rings. The van der Waals surface area contributed by atoms with Crippen LogP contribution in [-0.4, -0.2) is 22.5 Å². The zero-order chi connectivity index (χ0) is 22.8. The summed E-state index contributed by atoms with van der Waals surface area (Å²) in [6.07, 6.45) is 5.15.